The van der Waals surface area contributed by atoms with E-state index in [9.17, 15) is 0 Å². The van der Waals surface area contributed by atoms with Crippen LogP contribution in [0.4, 0.5) is 0 Å². The molecule has 1 aromatic heterocycles. The average Bonchev–Trinajstić information content (AvgIpc) is 2.58. The summed E-state index contributed by atoms with van der Waals surface area (Å²) >= 11 is 1.81. The fourth-order valence-corrected chi connectivity index (χ4v) is 2.43. The van der Waals surface area contributed by atoms with Crippen molar-refractivity contribution in [2.45, 2.75) is 32.1 Å². The van der Waals surface area contributed by atoms with Gasteiger partial charge < -0.3 is 0 Å². The molecule has 1 fully saturated rings. The van der Waals surface area contributed by atoms with Gasteiger partial charge in [0.25, 0.3) is 0 Å². The molecule has 0 unspecified atom stereocenters. The van der Waals surface area contributed by atoms with Gasteiger partial charge in [0.1, 0.15) is 0 Å². The maximum atomic E-state index is 2.28. The normalized spacial score (nSPS) is 20.4. The Bertz CT molecular complexity index is 195. The van der Waals surface area contributed by atoms with Gasteiger partial charge in [0.15, 0.2) is 0 Å². The lowest BCUT2D eigenvalue weighted by molar-refractivity contribution is 0.552. The minimum Gasteiger partial charge on any atom is -0.152 e. The minimum atomic E-state index is 1.34. The van der Waals surface area contributed by atoms with Crippen LogP contribution in [0.3, 0.4) is 0 Å². The maximum absolute atomic E-state index is 2.28. The molecular formula is C10H13S. The van der Waals surface area contributed by atoms with E-state index in [1.165, 1.54) is 37.7 Å². The van der Waals surface area contributed by atoms with E-state index in [1.54, 1.807) is 5.92 Å². The number of rotatable bonds is 1. The highest BCUT2D eigenvalue weighted by molar-refractivity contribution is 7.08. The lowest BCUT2D eigenvalue weighted by Gasteiger charge is -2.19. The predicted molar refractivity (Wildman–Crippen MR) is 49.7 cm³/mol. The Morgan fingerprint density at radius 3 is 2.55 bits per heavy atom. The van der Waals surface area contributed by atoms with Gasteiger partial charge in [-0.1, -0.05) is 19.3 Å². The summed E-state index contributed by atoms with van der Waals surface area (Å²) in [4.78, 5) is 0. The van der Waals surface area contributed by atoms with Crippen molar-refractivity contribution in [3.63, 3.8) is 0 Å². The Morgan fingerprint density at radius 1 is 1.09 bits per heavy atom. The molecule has 0 aliphatic heterocycles. The van der Waals surface area contributed by atoms with Gasteiger partial charge in [-0.3, -0.25) is 0 Å². The van der Waals surface area contributed by atoms with Crippen LogP contribution in [0, 0.1) is 5.92 Å². The summed E-state index contributed by atoms with van der Waals surface area (Å²) in [6.07, 6.45) is 6.94. The van der Waals surface area contributed by atoms with Crippen molar-refractivity contribution in [3.05, 3.63) is 28.3 Å². The monoisotopic (exact) mass is 165 g/mol. The summed E-state index contributed by atoms with van der Waals surface area (Å²) in [5.74, 6) is 1.69. The highest BCUT2D eigenvalue weighted by Crippen LogP contribution is 2.32. The van der Waals surface area contributed by atoms with Crippen LogP contribution in [0.15, 0.2) is 16.8 Å². The van der Waals surface area contributed by atoms with Crippen LogP contribution in [-0.4, -0.2) is 0 Å². The van der Waals surface area contributed by atoms with E-state index in [0.29, 0.717) is 0 Å². The summed E-state index contributed by atoms with van der Waals surface area (Å²) in [5.41, 5.74) is 1.51. The van der Waals surface area contributed by atoms with Crippen LogP contribution in [0.25, 0.3) is 0 Å². The first-order chi connectivity index (χ1) is 5.47. The van der Waals surface area contributed by atoms with Gasteiger partial charge in [0.05, 0.1) is 0 Å². The van der Waals surface area contributed by atoms with Gasteiger partial charge >= 0.3 is 0 Å². The first-order valence-corrected chi connectivity index (χ1v) is 5.28. The molecule has 59 valence electrons. The topological polar surface area (TPSA) is 0 Å². The number of hydrogen-bond acceptors (Lipinski definition) is 1. The van der Waals surface area contributed by atoms with E-state index in [4.69, 9.17) is 0 Å². The minimum absolute atomic E-state index is 1.34. The van der Waals surface area contributed by atoms with Gasteiger partial charge in [-0.2, -0.15) is 11.3 Å². The second-order valence-corrected chi connectivity index (χ2v) is 3.96. The van der Waals surface area contributed by atoms with Gasteiger partial charge in [0.2, 0.25) is 0 Å². The third-order valence-electron chi connectivity index (χ3n) is 2.39. The van der Waals surface area contributed by atoms with Crippen LogP contribution < -0.4 is 0 Å². The van der Waals surface area contributed by atoms with Crippen molar-refractivity contribution in [2.75, 3.05) is 0 Å². The SMILES string of the molecule is c1cc([C]2CCCCC2)cs1. The van der Waals surface area contributed by atoms with Gasteiger partial charge in [-0.15, -0.1) is 0 Å². The molecule has 0 nitrogen and oxygen atoms in total. The molecule has 1 saturated carbocycles. The van der Waals surface area contributed by atoms with Crippen LogP contribution in [-0.2, 0) is 0 Å². The molecule has 1 heteroatoms. The summed E-state index contributed by atoms with van der Waals surface area (Å²) in [5, 5.41) is 4.46. The third-order valence-corrected chi connectivity index (χ3v) is 3.07. The zero-order chi connectivity index (χ0) is 7.52. The third kappa shape index (κ3) is 1.64. The molecular weight excluding hydrogens is 152 g/mol. The van der Waals surface area contributed by atoms with Gasteiger partial charge in [-0.25, -0.2) is 0 Å². The average molecular weight is 165 g/mol. The predicted octanol–water partition coefficient (Wildman–Crippen LogP) is 3.63. The van der Waals surface area contributed by atoms with Crippen LogP contribution in [0.5, 0.6) is 0 Å². The molecule has 1 heterocycles. The molecule has 0 aromatic carbocycles. The molecule has 0 amide bonds. The summed E-state index contributed by atoms with van der Waals surface area (Å²) in [7, 11) is 0. The second-order valence-electron chi connectivity index (χ2n) is 3.18. The first kappa shape index (κ1) is 7.35. The maximum Gasteiger partial charge on any atom is 0.00583 e. The van der Waals surface area contributed by atoms with E-state index >= 15 is 0 Å². The van der Waals surface area contributed by atoms with Crippen LogP contribution in [0.2, 0.25) is 0 Å². The molecule has 0 atom stereocenters. The van der Waals surface area contributed by atoms with Crippen molar-refractivity contribution in [1.82, 2.24) is 0 Å². The largest absolute Gasteiger partial charge is 0.152 e. The standard InChI is InChI=1S/C10H13S/c1-2-4-9(5-3-1)10-6-7-11-8-10/h6-8H,1-5H2. The Hall–Kier alpha value is -0.300. The van der Waals surface area contributed by atoms with Gasteiger partial charge in [-0.05, 0) is 35.2 Å². The van der Waals surface area contributed by atoms with Crippen LogP contribution in [0.1, 0.15) is 37.7 Å². The molecule has 1 aliphatic rings. The Kier molecular flexibility index (Phi) is 2.27. The van der Waals surface area contributed by atoms with Crippen molar-refractivity contribution >= 4 is 11.3 Å². The van der Waals surface area contributed by atoms with Crippen molar-refractivity contribution in [3.8, 4) is 0 Å². The number of thiophene rings is 1. The van der Waals surface area contributed by atoms with Crippen molar-refractivity contribution < 1.29 is 0 Å². The van der Waals surface area contributed by atoms with Crippen LogP contribution >= 0.6 is 11.3 Å². The smallest absolute Gasteiger partial charge is 0.00583 e. The van der Waals surface area contributed by atoms with E-state index in [1.807, 2.05) is 11.3 Å². The quantitative estimate of drug-likeness (QED) is 0.596. The fraction of sp³-hybridized carbons (Fsp3) is 0.500. The highest BCUT2D eigenvalue weighted by Gasteiger charge is 2.15. The Labute approximate surface area is 72.3 Å². The Morgan fingerprint density at radius 2 is 1.91 bits per heavy atom. The summed E-state index contributed by atoms with van der Waals surface area (Å²) in [6.45, 7) is 0. The fourth-order valence-electron chi connectivity index (χ4n) is 1.73. The molecule has 2 rings (SSSR count). The first-order valence-electron chi connectivity index (χ1n) is 4.34. The van der Waals surface area contributed by atoms with E-state index < -0.39 is 0 Å². The van der Waals surface area contributed by atoms with Gasteiger partial charge in [0, 0.05) is 5.92 Å². The lowest BCUT2D eigenvalue weighted by Crippen LogP contribution is -2.03. The lowest BCUT2D eigenvalue weighted by atomic mass is 9.85. The van der Waals surface area contributed by atoms with Crippen molar-refractivity contribution in [2.24, 2.45) is 0 Å². The molecule has 11 heavy (non-hydrogen) atoms. The zero-order valence-corrected chi connectivity index (χ0v) is 7.49. The molecule has 0 bridgehead atoms. The Balaban J connectivity index is 2.04. The van der Waals surface area contributed by atoms with E-state index in [0.717, 1.165) is 0 Å². The highest BCUT2D eigenvalue weighted by atomic mass is 32.1. The molecule has 1 radical (unpaired) electrons. The van der Waals surface area contributed by atoms with E-state index in [-0.39, 0.29) is 0 Å². The molecule has 1 aromatic rings. The number of hydrogen-bond donors (Lipinski definition) is 0. The molecule has 0 saturated heterocycles. The molecule has 0 spiro atoms. The molecule has 0 N–H and O–H groups in total. The van der Waals surface area contributed by atoms with E-state index in [2.05, 4.69) is 16.8 Å². The summed E-state index contributed by atoms with van der Waals surface area (Å²) < 4.78 is 0. The molecule has 1 aliphatic carbocycles. The second kappa shape index (κ2) is 3.40. The summed E-state index contributed by atoms with van der Waals surface area (Å²) in [6, 6.07) is 2.26. The zero-order valence-electron chi connectivity index (χ0n) is 6.68. The van der Waals surface area contributed by atoms with Crippen molar-refractivity contribution in [1.29, 1.82) is 0 Å².